The first-order valence-electron chi connectivity index (χ1n) is 3.43. The number of nitrogen functional groups attached to an aromatic ring is 1. The van der Waals surface area contributed by atoms with Gasteiger partial charge in [0.25, 0.3) is 0 Å². The Kier molecular flexibility index (Phi) is 2.07. The van der Waals surface area contributed by atoms with Crippen LogP contribution < -0.4 is 11.3 Å². The Labute approximate surface area is 82.3 Å². The largest absolute Gasteiger partial charge is 0.300 e. The molecule has 2 rings (SSSR count). The van der Waals surface area contributed by atoms with Crippen molar-refractivity contribution in [2.45, 2.75) is 0 Å². The third-order valence-electron chi connectivity index (χ3n) is 1.57. The molecule has 0 bridgehead atoms. The highest BCUT2D eigenvalue weighted by Gasteiger charge is 2.10. The number of nitrogens with zero attached hydrogens (tertiary/aromatic N) is 1. The minimum atomic E-state index is -0.392. The topological polar surface area (TPSA) is 50.9 Å². The molecular formula is C7H5ClFN3S. The summed E-state index contributed by atoms with van der Waals surface area (Å²) in [6.07, 6.45) is 0. The van der Waals surface area contributed by atoms with Crippen LogP contribution in [0.25, 0.3) is 10.2 Å². The molecule has 0 aliphatic carbocycles. The number of anilines is 1. The molecule has 3 N–H and O–H groups in total. The second kappa shape index (κ2) is 3.10. The van der Waals surface area contributed by atoms with E-state index in [-0.39, 0.29) is 5.52 Å². The van der Waals surface area contributed by atoms with Crippen molar-refractivity contribution < 1.29 is 4.39 Å². The highest BCUT2D eigenvalue weighted by Crippen LogP contribution is 2.32. The monoisotopic (exact) mass is 217 g/mol. The van der Waals surface area contributed by atoms with Crippen molar-refractivity contribution in [1.29, 1.82) is 0 Å². The molecule has 0 atom stereocenters. The Morgan fingerprint density at radius 1 is 1.54 bits per heavy atom. The molecule has 0 fully saturated rings. The second-order valence-corrected chi connectivity index (χ2v) is 3.78. The molecule has 0 aliphatic rings. The summed E-state index contributed by atoms with van der Waals surface area (Å²) in [5.74, 6) is 4.75. The Balaban J connectivity index is 2.80. The molecule has 0 amide bonds. The number of aromatic nitrogens is 1. The Morgan fingerprint density at radius 2 is 2.31 bits per heavy atom. The molecule has 0 radical (unpaired) electrons. The molecule has 1 aromatic heterocycles. The molecule has 0 saturated heterocycles. The lowest BCUT2D eigenvalue weighted by Gasteiger charge is -1.91. The Bertz CT molecular complexity index is 417. The Hall–Kier alpha value is -0.910. The van der Waals surface area contributed by atoms with Crippen molar-refractivity contribution in [3.63, 3.8) is 0 Å². The van der Waals surface area contributed by atoms with Crippen LogP contribution >= 0.6 is 22.9 Å². The number of hydrazine groups is 1. The predicted octanol–water partition coefficient (Wildman–Crippen LogP) is 2.37. The van der Waals surface area contributed by atoms with Crippen molar-refractivity contribution in [3.05, 3.63) is 23.0 Å². The molecule has 13 heavy (non-hydrogen) atoms. The maximum absolute atomic E-state index is 13.1. The molecule has 0 saturated carbocycles. The lowest BCUT2D eigenvalue weighted by molar-refractivity contribution is 0.637. The van der Waals surface area contributed by atoms with Gasteiger partial charge in [-0.1, -0.05) is 22.9 Å². The van der Waals surface area contributed by atoms with Crippen LogP contribution in [0.1, 0.15) is 0 Å². The fraction of sp³-hybridized carbons (Fsp3) is 0. The van der Waals surface area contributed by atoms with E-state index in [4.69, 9.17) is 17.4 Å². The van der Waals surface area contributed by atoms with Crippen molar-refractivity contribution >= 4 is 38.3 Å². The summed E-state index contributed by atoms with van der Waals surface area (Å²) in [4.78, 5) is 3.91. The molecule has 1 heterocycles. The van der Waals surface area contributed by atoms with Crippen molar-refractivity contribution in [2.24, 2.45) is 5.84 Å². The second-order valence-electron chi connectivity index (χ2n) is 2.37. The average Bonchev–Trinajstić information content (AvgIpc) is 2.56. The third-order valence-corrected chi connectivity index (χ3v) is 3.02. The molecule has 0 spiro atoms. The van der Waals surface area contributed by atoms with Gasteiger partial charge in [0.15, 0.2) is 5.13 Å². The summed E-state index contributed by atoms with van der Waals surface area (Å²) in [6, 6.07) is 2.78. The van der Waals surface area contributed by atoms with Gasteiger partial charge >= 0.3 is 0 Å². The van der Waals surface area contributed by atoms with Crippen LogP contribution in [0.15, 0.2) is 12.1 Å². The molecule has 68 valence electrons. The van der Waals surface area contributed by atoms with E-state index in [1.807, 2.05) is 0 Å². The van der Waals surface area contributed by atoms with Crippen LogP contribution in [0.4, 0.5) is 9.52 Å². The van der Waals surface area contributed by atoms with Crippen molar-refractivity contribution in [2.75, 3.05) is 5.43 Å². The fourth-order valence-electron chi connectivity index (χ4n) is 1.01. The number of rotatable bonds is 1. The number of halogens is 2. The van der Waals surface area contributed by atoms with Gasteiger partial charge in [-0.2, -0.15) is 0 Å². The molecule has 1 aromatic carbocycles. The van der Waals surface area contributed by atoms with E-state index < -0.39 is 5.82 Å². The van der Waals surface area contributed by atoms with E-state index >= 15 is 0 Å². The number of hydrogen-bond acceptors (Lipinski definition) is 4. The number of hydrogen-bond donors (Lipinski definition) is 2. The van der Waals surface area contributed by atoms with Gasteiger partial charge in [-0.05, 0) is 12.1 Å². The van der Waals surface area contributed by atoms with Crippen LogP contribution in [-0.2, 0) is 0 Å². The average molecular weight is 218 g/mol. The van der Waals surface area contributed by atoms with Gasteiger partial charge in [0.2, 0.25) is 0 Å². The molecular weight excluding hydrogens is 213 g/mol. The van der Waals surface area contributed by atoms with Gasteiger partial charge in [0.1, 0.15) is 11.3 Å². The standard InChI is InChI=1S/C7H5ClFN3S/c8-3-1-2-4(9)5-6(3)13-7(11-5)12-10/h1-2H,10H2,(H,11,12). The van der Waals surface area contributed by atoms with Crippen LogP contribution in [0, 0.1) is 5.82 Å². The van der Waals surface area contributed by atoms with Gasteiger partial charge in [-0.25, -0.2) is 15.2 Å². The quantitative estimate of drug-likeness (QED) is 0.570. The molecule has 0 aliphatic heterocycles. The number of fused-ring (bicyclic) bond motifs is 1. The van der Waals surface area contributed by atoms with E-state index in [0.29, 0.717) is 14.9 Å². The minimum Gasteiger partial charge on any atom is -0.300 e. The molecule has 0 unspecified atom stereocenters. The maximum atomic E-state index is 13.1. The summed E-state index contributed by atoms with van der Waals surface area (Å²) in [7, 11) is 0. The number of nitrogens with two attached hydrogens (primary N) is 1. The summed E-state index contributed by atoms with van der Waals surface area (Å²) in [5.41, 5.74) is 2.61. The van der Waals surface area contributed by atoms with E-state index in [1.54, 1.807) is 0 Å². The predicted molar refractivity (Wildman–Crippen MR) is 52.4 cm³/mol. The number of thiazole rings is 1. The van der Waals surface area contributed by atoms with Crippen LogP contribution in [0.2, 0.25) is 5.02 Å². The lowest BCUT2D eigenvalue weighted by Crippen LogP contribution is -2.05. The van der Waals surface area contributed by atoms with E-state index in [0.717, 1.165) is 0 Å². The Morgan fingerprint density at radius 3 is 2.92 bits per heavy atom. The molecule has 3 nitrogen and oxygen atoms in total. The van der Waals surface area contributed by atoms with Crippen molar-refractivity contribution in [3.8, 4) is 0 Å². The smallest absolute Gasteiger partial charge is 0.198 e. The van der Waals surface area contributed by atoms with Crippen LogP contribution in [0.5, 0.6) is 0 Å². The van der Waals surface area contributed by atoms with Gasteiger partial charge < -0.3 is 0 Å². The first kappa shape index (κ1) is 8.68. The van der Waals surface area contributed by atoms with Crippen molar-refractivity contribution in [1.82, 2.24) is 4.98 Å². The lowest BCUT2D eigenvalue weighted by atomic mass is 10.3. The number of benzene rings is 1. The maximum Gasteiger partial charge on any atom is 0.198 e. The fourth-order valence-corrected chi connectivity index (χ4v) is 2.07. The van der Waals surface area contributed by atoms with E-state index in [9.17, 15) is 4.39 Å². The van der Waals surface area contributed by atoms with E-state index in [2.05, 4.69) is 10.4 Å². The van der Waals surface area contributed by atoms with Gasteiger partial charge in [-0.3, -0.25) is 5.43 Å². The van der Waals surface area contributed by atoms with E-state index in [1.165, 1.54) is 23.5 Å². The zero-order valence-corrected chi connectivity index (χ0v) is 7.92. The highest BCUT2D eigenvalue weighted by molar-refractivity contribution is 7.22. The molecule has 2 aromatic rings. The normalized spacial score (nSPS) is 10.7. The third kappa shape index (κ3) is 1.35. The summed E-state index contributed by atoms with van der Waals surface area (Å²) in [6.45, 7) is 0. The summed E-state index contributed by atoms with van der Waals surface area (Å²) < 4.78 is 13.7. The first-order chi connectivity index (χ1) is 6.22. The molecule has 6 heteroatoms. The van der Waals surface area contributed by atoms with Crippen LogP contribution in [0.3, 0.4) is 0 Å². The van der Waals surface area contributed by atoms with Crippen LogP contribution in [-0.4, -0.2) is 4.98 Å². The SMILES string of the molecule is NNc1nc2c(F)ccc(Cl)c2s1. The van der Waals surface area contributed by atoms with Gasteiger partial charge in [0.05, 0.1) is 9.72 Å². The highest BCUT2D eigenvalue weighted by atomic mass is 35.5. The zero-order chi connectivity index (χ0) is 9.42. The first-order valence-corrected chi connectivity index (χ1v) is 4.63. The van der Waals surface area contributed by atoms with Gasteiger partial charge in [0, 0.05) is 0 Å². The minimum absolute atomic E-state index is 0.255. The summed E-state index contributed by atoms with van der Waals surface area (Å²) >= 11 is 7.05. The number of nitrogens with one attached hydrogen (secondary N) is 1. The summed E-state index contributed by atoms with van der Waals surface area (Å²) in [5, 5.41) is 0.928. The zero-order valence-electron chi connectivity index (χ0n) is 6.34. The van der Waals surface area contributed by atoms with Gasteiger partial charge in [-0.15, -0.1) is 0 Å².